The number of nitrogens with one attached hydrogen (secondary N) is 1. The van der Waals surface area contributed by atoms with Crippen molar-refractivity contribution < 1.29 is 4.74 Å². The van der Waals surface area contributed by atoms with Crippen LogP contribution in [0, 0.1) is 0 Å². The maximum atomic E-state index is 5.45. The molecule has 2 saturated heterocycles. The summed E-state index contributed by atoms with van der Waals surface area (Å²) in [5, 5.41) is 3.74. The van der Waals surface area contributed by atoms with E-state index in [-0.39, 0.29) is 0 Å². The van der Waals surface area contributed by atoms with Crippen molar-refractivity contribution in [2.24, 2.45) is 0 Å². The molecule has 2 rings (SSSR count). The number of ether oxygens (including phenoxy) is 1. The van der Waals surface area contributed by atoms with Gasteiger partial charge in [-0.25, -0.2) is 0 Å². The van der Waals surface area contributed by atoms with E-state index in [9.17, 15) is 0 Å². The average molecular weight is 198 g/mol. The van der Waals surface area contributed by atoms with Gasteiger partial charge in [0.2, 0.25) is 0 Å². The zero-order chi connectivity index (χ0) is 9.80. The molecule has 0 radical (unpaired) electrons. The quantitative estimate of drug-likeness (QED) is 0.727. The SMILES string of the molecule is CCN1CC(NC2CCCOCC2)C1. The molecule has 1 unspecified atom stereocenters. The minimum atomic E-state index is 0.710. The van der Waals surface area contributed by atoms with Gasteiger partial charge >= 0.3 is 0 Å². The van der Waals surface area contributed by atoms with Gasteiger partial charge in [0.15, 0.2) is 0 Å². The monoisotopic (exact) mass is 198 g/mol. The lowest BCUT2D eigenvalue weighted by Crippen LogP contribution is -2.59. The van der Waals surface area contributed by atoms with Crippen molar-refractivity contribution >= 4 is 0 Å². The summed E-state index contributed by atoms with van der Waals surface area (Å²) in [5.74, 6) is 0. The first-order valence-corrected chi connectivity index (χ1v) is 5.94. The molecule has 3 heteroatoms. The summed E-state index contributed by atoms with van der Waals surface area (Å²) in [5.41, 5.74) is 0. The third-order valence-electron chi connectivity index (χ3n) is 3.33. The molecule has 2 heterocycles. The van der Waals surface area contributed by atoms with Gasteiger partial charge in [-0.05, 0) is 25.8 Å². The molecule has 0 aromatic carbocycles. The van der Waals surface area contributed by atoms with Crippen LogP contribution in [0.25, 0.3) is 0 Å². The van der Waals surface area contributed by atoms with Crippen LogP contribution in [0.5, 0.6) is 0 Å². The minimum absolute atomic E-state index is 0.710. The normalized spacial score (nSPS) is 31.1. The molecule has 0 aromatic heterocycles. The molecule has 2 fully saturated rings. The molecule has 0 amide bonds. The van der Waals surface area contributed by atoms with Crippen molar-refractivity contribution in [1.82, 2.24) is 10.2 Å². The number of nitrogens with zero attached hydrogens (tertiary/aromatic N) is 1. The van der Waals surface area contributed by atoms with Crippen LogP contribution in [0.4, 0.5) is 0 Å². The van der Waals surface area contributed by atoms with Crippen LogP contribution in [0.1, 0.15) is 26.2 Å². The lowest BCUT2D eigenvalue weighted by atomic mass is 10.0. The summed E-state index contributed by atoms with van der Waals surface area (Å²) in [6, 6.07) is 1.46. The largest absolute Gasteiger partial charge is 0.381 e. The lowest BCUT2D eigenvalue weighted by molar-refractivity contribution is 0.117. The number of likely N-dealkylation sites (N-methyl/N-ethyl adjacent to an activating group) is 1. The van der Waals surface area contributed by atoms with Crippen LogP contribution in [0.15, 0.2) is 0 Å². The summed E-state index contributed by atoms with van der Waals surface area (Å²) < 4.78 is 5.45. The summed E-state index contributed by atoms with van der Waals surface area (Å²) in [4.78, 5) is 2.48. The first-order valence-electron chi connectivity index (χ1n) is 5.94. The van der Waals surface area contributed by atoms with Gasteiger partial charge < -0.3 is 15.0 Å². The first kappa shape index (κ1) is 10.4. The van der Waals surface area contributed by atoms with E-state index >= 15 is 0 Å². The molecular weight excluding hydrogens is 176 g/mol. The Hall–Kier alpha value is -0.120. The first-order chi connectivity index (χ1) is 6.88. The fourth-order valence-electron chi connectivity index (χ4n) is 2.34. The Labute approximate surface area is 86.8 Å². The van der Waals surface area contributed by atoms with Gasteiger partial charge in [-0.3, -0.25) is 0 Å². The molecule has 2 aliphatic rings. The van der Waals surface area contributed by atoms with E-state index in [1.807, 2.05) is 0 Å². The average Bonchev–Trinajstić information content (AvgIpc) is 2.38. The second kappa shape index (κ2) is 5.10. The fraction of sp³-hybridized carbons (Fsp3) is 1.00. The van der Waals surface area contributed by atoms with Crippen molar-refractivity contribution in [2.45, 2.75) is 38.3 Å². The van der Waals surface area contributed by atoms with E-state index in [4.69, 9.17) is 4.74 Å². The zero-order valence-corrected chi connectivity index (χ0v) is 9.17. The Bertz CT molecular complexity index is 161. The Kier molecular flexibility index (Phi) is 3.79. The van der Waals surface area contributed by atoms with Crippen LogP contribution in [0.2, 0.25) is 0 Å². The van der Waals surface area contributed by atoms with E-state index in [1.165, 1.54) is 38.9 Å². The van der Waals surface area contributed by atoms with Gasteiger partial charge in [-0.15, -0.1) is 0 Å². The highest BCUT2D eigenvalue weighted by Crippen LogP contribution is 2.13. The predicted octanol–water partition coefficient (Wildman–Crippen LogP) is 0.849. The maximum absolute atomic E-state index is 5.45. The fourth-order valence-corrected chi connectivity index (χ4v) is 2.34. The molecule has 0 bridgehead atoms. The van der Waals surface area contributed by atoms with Gasteiger partial charge in [0.1, 0.15) is 0 Å². The smallest absolute Gasteiger partial charge is 0.0480 e. The Morgan fingerprint density at radius 1 is 1.21 bits per heavy atom. The summed E-state index contributed by atoms with van der Waals surface area (Å²) in [7, 11) is 0. The maximum Gasteiger partial charge on any atom is 0.0480 e. The number of likely N-dealkylation sites (tertiary alicyclic amines) is 1. The molecule has 82 valence electrons. The molecule has 2 aliphatic heterocycles. The number of rotatable bonds is 3. The van der Waals surface area contributed by atoms with Crippen LogP contribution in [-0.4, -0.2) is 49.8 Å². The van der Waals surface area contributed by atoms with Crippen molar-refractivity contribution in [3.8, 4) is 0 Å². The van der Waals surface area contributed by atoms with E-state index in [0.717, 1.165) is 19.3 Å². The lowest BCUT2D eigenvalue weighted by Gasteiger charge is -2.41. The van der Waals surface area contributed by atoms with Gasteiger partial charge in [0.05, 0.1) is 0 Å². The van der Waals surface area contributed by atoms with Gasteiger partial charge in [0, 0.05) is 38.4 Å². The van der Waals surface area contributed by atoms with Crippen molar-refractivity contribution in [3.05, 3.63) is 0 Å². The molecule has 3 nitrogen and oxygen atoms in total. The third-order valence-corrected chi connectivity index (χ3v) is 3.33. The molecule has 0 saturated carbocycles. The summed E-state index contributed by atoms with van der Waals surface area (Å²) in [6.07, 6.45) is 3.72. The second-order valence-corrected chi connectivity index (χ2v) is 4.46. The highest BCUT2D eigenvalue weighted by atomic mass is 16.5. The van der Waals surface area contributed by atoms with E-state index < -0.39 is 0 Å². The summed E-state index contributed by atoms with van der Waals surface area (Å²) >= 11 is 0. The molecule has 0 aromatic rings. The Morgan fingerprint density at radius 3 is 2.86 bits per heavy atom. The summed E-state index contributed by atoms with van der Waals surface area (Å²) in [6.45, 7) is 7.83. The van der Waals surface area contributed by atoms with Crippen LogP contribution in [0.3, 0.4) is 0 Å². The number of hydrogen-bond donors (Lipinski definition) is 1. The predicted molar refractivity (Wildman–Crippen MR) is 57.5 cm³/mol. The van der Waals surface area contributed by atoms with Crippen LogP contribution in [-0.2, 0) is 4.74 Å². The van der Waals surface area contributed by atoms with E-state index in [0.29, 0.717) is 6.04 Å². The van der Waals surface area contributed by atoms with Gasteiger partial charge in [-0.2, -0.15) is 0 Å². The molecule has 1 N–H and O–H groups in total. The molecule has 1 atom stereocenters. The van der Waals surface area contributed by atoms with E-state index in [1.54, 1.807) is 0 Å². The second-order valence-electron chi connectivity index (χ2n) is 4.46. The van der Waals surface area contributed by atoms with Crippen LogP contribution < -0.4 is 5.32 Å². The highest BCUT2D eigenvalue weighted by molar-refractivity contribution is 4.87. The molecular formula is C11H22N2O. The highest BCUT2D eigenvalue weighted by Gasteiger charge is 2.27. The van der Waals surface area contributed by atoms with Crippen LogP contribution >= 0.6 is 0 Å². The molecule has 0 aliphatic carbocycles. The Morgan fingerprint density at radius 2 is 2.07 bits per heavy atom. The van der Waals surface area contributed by atoms with Gasteiger partial charge in [0.25, 0.3) is 0 Å². The standard InChI is InChI=1S/C11H22N2O/c1-2-13-8-11(9-13)12-10-4-3-6-14-7-5-10/h10-12H,2-9H2,1H3. The Balaban J connectivity index is 1.64. The van der Waals surface area contributed by atoms with Crippen molar-refractivity contribution in [1.29, 1.82) is 0 Å². The number of hydrogen-bond acceptors (Lipinski definition) is 3. The van der Waals surface area contributed by atoms with Crippen molar-refractivity contribution in [2.75, 3.05) is 32.8 Å². The molecule has 14 heavy (non-hydrogen) atoms. The molecule has 0 spiro atoms. The van der Waals surface area contributed by atoms with Crippen molar-refractivity contribution in [3.63, 3.8) is 0 Å². The van der Waals surface area contributed by atoms with Gasteiger partial charge in [-0.1, -0.05) is 6.92 Å². The zero-order valence-electron chi connectivity index (χ0n) is 9.17. The van der Waals surface area contributed by atoms with E-state index in [2.05, 4.69) is 17.1 Å². The third kappa shape index (κ3) is 2.69. The topological polar surface area (TPSA) is 24.5 Å². The minimum Gasteiger partial charge on any atom is -0.381 e.